The maximum atomic E-state index is 9.20. The molecule has 78 valence electrons. The molecule has 0 aromatic heterocycles. The van der Waals surface area contributed by atoms with Crippen molar-refractivity contribution in [1.29, 1.82) is 0 Å². The molecule has 0 aromatic rings. The van der Waals surface area contributed by atoms with Gasteiger partial charge in [0.15, 0.2) is 0 Å². The zero-order valence-electron chi connectivity index (χ0n) is 7.24. The van der Waals surface area contributed by atoms with E-state index < -0.39 is 31.0 Å². The van der Waals surface area contributed by atoms with Crippen LogP contribution in [-0.2, 0) is 0 Å². The predicted octanol–water partition coefficient (Wildman–Crippen LogP) is -2.00. The van der Waals surface area contributed by atoms with Crippen molar-refractivity contribution in [2.75, 3.05) is 6.61 Å². The second-order valence-corrected chi connectivity index (χ2v) is 2.82. The Kier molecular flexibility index (Phi) is 5.85. The Morgan fingerprint density at radius 1 is 1.00 bits per heavy atom. The van der Waals surface area contributed by atoms with E-state index in [-0.39, 0.29) is 6.42 Å². The highest BCUT2D eigenvalue weighted by atomic mass is 16.4. The van der Waals surface area contributed by atoms with Crippen molar-refractivity contribution < 1.29 is 25.5 Å². The van der Waals surface area contributed by atoms with Gasteiger partial charge in [0.25, 0.3) is 0 Å². The maximum Gasteiger partial charge on any atom is 0.110 e. The van der Waals surface area contributed by atoms with E-state index in [0.717, 1.165) is 0 Å². The molecule has 0 spiro atoms. The average molecular weight is 192 g/mol. The third kappa shape index (κ3) is 3.84. The molecule has 0 rings (SSSR count). The zero-order chi connectivity index (χ0) is 10.4. The highest BCUT2D eigenvalue weighted by Crippen LogP contribution is 2.07. The second kappa shape index (κ2) is 6.06. The molecule has 5 nitrogen and oxygen atoms in total. The van der Waals surface area contributed by atoms with Crippen LogP contribution < -0.4 is 0 Å². The third-order valence-corrected chi connectivity index (χ3v) is 1.73. The van der Waals surface area contributed by atoms with E-state index in [1.54, 1.807) is 0 Å². The van der Waals surface area contributed by atoms with E-state index in [1.165, 1.54) is 6.08 Å². The van der Waals surface area contributed by atoms with Gasteiger partial charge in [0.1, 0.15) is 18.3 Å². The van der Waals surface area contributed by atoms with Crippen molar-refractivity contribution in [1.82, 2.24) is 0 Å². The SMILES string of the molecule is C=CCC(O)[C@@H](O)[C@@H](O)[C@H](O)CO. The van der Waals surface area contributed by atoms with E-state index in [1.807, 2.05) is 0 Å². The van der Waals surface area contributed by atoms with Gasteiger partial charge >= 0.3 is 0 Å². The van der Waals surface area contributed by atoms with Gasteiger partial charge in [-0.2, -0.15) is 0 Å². The van der Waals surface area contributed by atoms with E-state index in [4.69, 9.17) is 20.4 Å². The van der Waals surface area contributed by atoms with Crippen LogP contribution in [0.25, 0.3) is 0 Å². The Hall–Kier alpha value is -0.460. The summed E-state index contributed by atoms with van der Waals surface area (Å²) < 4.78 is 0. The standard InChI is InChI=1S/C8H16O5/c1-2-3-5(10)7(12)8(13)6(11)4-9/h2,5-13H,1,3-4H2/t5?,6-,7-,8+/m1/s1. The van der Waals surface area contributed by atoms with E-state index >= 15 is 0 Å². The summed E-state index contributed by atoms with van der Waals surface area (Å²) in [6.07, 6.45) is -4.19. The summed E-state index contributed by atoms with van der Waals surface area (Å²) in [5, 5.41) is 44.8. The molecule has 0 radical (unpaired) electrons. The normalized spacial score (nSPS) is 20.4. The van der Waals surface area contributed by atoms with Crippen LogP contribution in [-0.4, -0.2) is 56.6 Å². The van der Waals surface area contributed by atoms with Crippen molar-refractivity contribution in [3.05, 3.63) is 12.7 Å². The summed E-state index contributed by atoms with van der Waals surface area (Å²) in [5.41, 5.74) is 0. The van der Waals surface area contributed by atoms with Crippen LogP contribution >= 0.6 is 0 Å². The number of hydrogen-bond donors (Lipinski definition) is 5. The van der Waals surface area contributed by atoms with Crippen LogP contribution in [0.15, 0.2) is 12.7 Å². The Balaban J connectivity index is 4.06. The molecule has 0 saturated heterocycles. The fourth-order valence-electron chi connectivity index (χ4n) is 0.873. The molecular weight excluding hydrogens is 176 g/mol. The van der Waals surface area contributed by atoms with Gasteiger partial charge in [-0.05, 0) is 6.42 Å². The first kappa shape index (κ1) is 12.5. The molecule has 0 fully saturated rings. The minimum Gasteiger partial charge on any atom is -0.394 e. The lowest BCUT2D eigenvalue weighted by atomic mass is 10.0. The fourth-order valence-corrected chi connectivity index (χ4v) is 0.873. The number of hydrogen-bond acceptors (Lipinski definition) is 5. The quantitative estimate of drug-likeness (QED) is 0.313. The Bertz CT molecular complexity index is 149. The van der Waals surface area contributed by atoms with E-state index in [0.29, 0.717) is 0 Å². The van der Waals surface area contributed by atoms with Gasteiger partial charge in [-0.1, -0.05) is 6.08 Å². The summed E-state index contributed by atoms with van der Waals surface area (Å²) in [5.74, 6) is 0. The summed E-state index contributed by atoms with van der Waals surface area (Å²) in [6.45, 7) is 2.68. The van der Waals surface area contributed by atoms with Gasteiger partial charge in [0.2, 0.25) is 0 Å². The van der Waals surface area contributed by atoms with Gasteiger partial charge in [-0.15, -0.1) is 6.58 Å². The fraction of sp³-hybridized carbons (Fsp3) is 0.750. The van der Waals surface area contributed by atoms with Crippen LogP contribution in [0.3, 0.4) is 0 Å². The molecule has 13 heavy (non-hydrogen) atoms. The summed E-state index contributed by atoms with van der Waals surface area (Å²) in [7, 11) is 0. The minimum absolute atomic E-state index is 0.108. The first-order valence-corrected chi connectivity index (χ1v) is 3.98. The van der Waals surface area contributed by atoms with Crippen LogP contribution in [0.4, 0.5) is 0 Å². The number of rotatable bonds is 6. The molecule has 0 aromatic carbocycles. The van der Waals surface area contributed by atoms with Crippen LogP contribution in [0.1, 0.15) is 6.42 Å². The van der Waals surface area contributed by atoms with Crippen molar-refractivity contribution in [3.63, 3.8) is 0 Å². The molecule has 0 amide bonds. The lowest BCUT2D eigenvalue weighted by Gasteiger charge is -2.24. The minimum atomic E-state index is -1.56. The first-order valence-electron chi connectivity index (χ1n) is 3.98. The second-order valence-electron chi connectivity index (χ2n) is 2.82. The monoisotopic (exact) mass is 192 g/mol. The largest absolute Gasteiger partial charge is 0.394 e. The highest BCUT2D eigenvalue weighted by Gasteiger charge is 2.28. The molecule has 0 aliphatic rings. The molecule has 0 saturated carbocycles. The van der Waals surface area contributed by atoms with Gasteiger partial charge in [-0.3, -0.25) is 0 Å². The smallest absolute Gasteiger partial charge is 0.110 e. The third-order valence-electron chi connectivity index (χ3n) is 1.73. The Morgan fingerprint density at radius 3 is 1.85 bits per heavy atom. The average Bonchev–Trinajstić information content (AvgIpc) is 2.14. The highest BCUT2D eigenvalue weighted by molar-refractivity contribution is 4.84. The van der Waals surface area contributed by atoms with Gasteiger partial charge in [0.05, 0.1) is 12.7 Å². The zero-order valence-corrected chi connectivity index (χ0v) is 7.24. The first-order chi connectivity index (χ1) is 6.04. The van der Waals surface area contributed by atoms with Gasteiger partial charge in [-0.25, -0.2) is 0 Å². The summed E-state index contributed by atoms with van der Waals surface area (Å²) in [4.78, 5) is 0. The lowest BCUT2D eigenvalue weighted by molar-refractivity contribution is -0.113. The lowest BCUT2D eigenvalue weighted by Crippen LogP contribution is -2.45. The Morgan fingerprint density at radius 2 is 1.46 bits per heavy atom. The maximum absolute atomic E-state index is 9.20. The van der Waals surface area contributed by atoms with Crippen molar-refractivity contribution in [2.24, 2.45) is 0 Å². The van der Waals surface area contributed by atoms with Gasteiger partial charge in [0, 0.05) is 0 Å². The molecule has 1 unspecified atom stereocenters. The van der Waals surface area contributed by atoms with Crippen LogP contribution in [0.5, 0.6) is 0 Å². The van der Waals surface area contributed by atoms with Crippen molar-refractivity contribution in [3.8, 4) is 0 Å². The Labute approximate surface area is 76.6 Å². The van der Waals surface area contributed by atoms with E-state index in [9.17, 15) is 5.11 Å². The topological polar surface area (TPSA) is 101 Å². The summed E-state index contributed by atoms with van der Waals surface area (Å²) in [6, 6.07) is 0. The number of aliphatic hydroxyl groups excluding tert-OH is 5. The van der Waals surface area contributed by atoms with E-state index in [2.05, 4.69) is 6.58 Å². The molecule has 0 heterocycles. The molecule has 0 aliphatic heterocycles. The van der Waals surface area contributed by atoms with Crippen LogP contribution in [0.2, 0.25) is 0 Å². The molecule has 0 aliphatic carbocycles. The van der Waals surface area contributed by atoms with Gasteiger partial charge < -0.3 is 25.5 Å². The molecule has 5 N–H and O–H groups in total. The van der Waals surface area contributed by atoms with Crippen LogP contribution in [0, 0.1) is 0 Å². The van der Waals surface area contributed by atoms with Crippen molar-refractivity contribution in [2.45, 2.75) is 30.8 Å². The predicted molar refractivity (Wildman–Crippen MR) is 45.9 cm³/mol. The molecule has 5 heteroatoms. The summed E-state index contributed by atoms with van der Waals surface area (Å²) >= 11 is 0. The molecular formula is C8H16O5. The molecule has 4 atom stereocenters. The number of aliphatic hydroxyl groups is 5. The molecule has 0 bridgehead atoms. The van der Waals surface area contributed by atoms with Crippen molar-refractivity contribution >= 4 is 0 Å².